The van der Waals surface area contributed by atoms with Gasteiger partial charge in [-0.1, -0.05) is 18.2 Å². The molecule has 1 saturated heterocycles. The highest BCUT2D eigenvalue weighted by Crippen LogP contribution is 2.40. The van der Waals surface area contributed by atoms with Crippen LogP contribution >= 0.6 is 15.9 Å². The molecule has 23 heavy (non-hydrogen) atoms. The number of carbonyl (C=O) groups is 1. The summed E-state index contributed by atoms with van der Waals surface area (Å²) in [5.41, 5.74) is 1.10. The summed E-state index contributed by atoms with van der Waals surface area (Å²) in [5.74, 6) is -0.233. The maximum absolute atomic E-state index is 14.3. The molecule has 1 aromatic carbocycles. The van der Waals surface area contributed by atoms with Crippen molar-refractivity contribution in [2.24, 2.45) is 0 Å². The lowest BCUT2D eigenvalue weighted by atomic mass is 9.94. The fraction of sp³-hybridized carbons (Fsp3) is 0.500. The first-order valence-corrected chi connectivity index (χ1v) is 8.72. The van der Waals surface area contributed by atoms with Gasteiger partial charge in [0.25, 0.3) is 0 Å². The SMILES string of the molecule is CC(C)(C)OC(=O)N1C2C=C(c3cccc(Br)c3F)CC1CC2. The summed E-state index contributed by atoms with van der Waals surface area (Å²) < 4.78 is 20.3. The van der Waals surface area contributed by atoms with E-state index in [-0.39, 0.29) is 24.0 Å². The Morgan fingerprint density at radius 1 is 1.35 bits per heavy atom. The van der Waals surface area contributed by atoms with Crippen LogP contribution in [-0.2, 0) is 4.74 Å². The zero-order valence-corrected chi connectivity index (χ0v) is 15.2. The van der Waals surface area contributed by atoms with Crippen molar-refractivity contribution >= 4 is 27.6 Å². The number of amides is 1. The lowest BCUT2D eigenvalue weighted by molar-refractivity contribution is 0.0175. The molecule has 2 aliphatic heterocycles. The predicted octanol–water partition coefficient (Wildman–Crippen LogP) is 5.14. The Hall–Kier alpha value is -1.36. The Bertz CT molecular complexity index is 665. The molecule has 2 atom stereocenters. The molecular weight excluding hydrogens is 361 g/mol. The fourth-order valence-corrected chi connectivity index (χ4v) is 3.75. The second-order valence-electron chi connectivity index (χ2n) is 7.18. The van der Waals surface area contributed by atoms with E-state index in [0.29, 0.717) is 16.5 Å². The van der Waals surface area contributed by atoms with Crippen molar-refractivity contribution in [3.8, 4) is 0 Å². The number of hydrogen-bond donors (Lipinski definition) is 0. The zero-order chi connectivity index (χ0) is 16.8. The maximum atomic E-state index is 14.3. The number of benzene rings is 1. The first kappa shape index (κ1) is 16.5. The number of fused-ring (bicyclic) bond motifs is 2. The quantitative estimate of drug-likeness (QED) is 0.673. The van der Waals surface area contributed by atoms with E-state index in [1.165, 1.54) is 0 Å². The number of nitrogens with zero attached hydrogens (tertiary/aromatic N) is 1. The van der Waals surface area contributed by atoms with Crippen LogP contribution in [0, 0.1) is 5.82 Å². The molecule has 1 fully saturated rings. The van der Waals surface area contributed by atoms with Crippen LogP contribution in [0.1, 0.15) is 45.6 Å². The summed E-state index contributed by atoms with van der Waals surface area (Å²) in [6, 6.07) is 5.43. The van der Waals surface area contributed by atoms with E-state index in [4.69, 9.17) is 4.74 Å². The number of carbonyl (C=O) groups excluding carboxylic acids is 1. The van der Waals surface area contributed by atoms with Crippen molar-refractivity contribution in [3.05, 3.63) is 40.1 Å². The highest BCUT2D eigenvalue weighted by Gasteiger charge is 2.41. The van der Waals surface area contributed by atoms with Crippen molar-refractivity contribution in [3.63, 3.8) is 0 Å². The van der Waals surface area contributed by atoms with Crippen molar-refractivity contribution in [1.29, 1.82) is 0 Å². The van der Waals surface area contributed by atoms with E-state index >= 15 is 0 Å². The molecule has 0 spiro atoms. The van der Waals surface area contributed by atoms with Crippen molar-refractivity contribution in [2.45, 2.75) is 57.7 Å². The van der Waals surface area contributed by atoms with Crippen LogP contribution in [-0.4, -0.2) is 28.7 Å². The second-order valence-corrected chi connectivity index (χ2v) is 8.04. The van der Waals surface area contributed by atoms with Crippen LogP contribution in [0.5, 0.6) is 0 Å². The smallest absolute Gasteiger partial charge is 0.411 e. The Labute approximate surface area is 144 Å². The Balaban J connectivity index is 1.86. The molecule has 5 heteroatoms. The monoisotopic (exact) mass is 381 g/mol. The molecule has 2 heterocycles. The van der Waals surface area contributed by atoms with E-state index in [0.717, 1.165) is 18.4 Å². The minimum atomic E-state index is -0.503. The highest BCUT2D eigenvalue weighted by atomic mass is 79.9. The van der Waals surface area contributed by atoms with Crippen molar-refractivity contribution < 1.29 is 13.9 Å². The second kappa shape index (κ2) is 5.93. The number of halogens is 2. The third-order valence-electron chi connectivity index (χ3n) is 4.30. The molecule has 3 nitrogen and oxygen atoms in total. The van der Waals surface area contributed by atoms with E-state index < -0.39 is 5.60 Å². The average Bonchev–Trinajstić information content (AvgIpc) is 2.71. The number of hydrogen-bond acceptors (Lipinski definition) is 2. The van der Waals surface area contributed by atoms with E-state index in [2.05, 4.69) is 15.9 Å². The van der Waals surface area contributed by atoms with Gasteiger partial charge in [0.05, 0.1) is 10.5 Å². The van der Waals surface area contributed by atoms with Crippen LogP contribution in [0.25, 0.3) is 5.57 Å². The molecule has 2 bridgehead atoms. The van der Waals surface area contributed by atoms with Gasteiger partial charge in [0, 0.05) is 11.6 Å². The maximum Gasteiger partial charge on any atom is 0.411 e. The van der Waals surface area contributed by atoms with Crippen LogP contribution in [0.2, 0.25) is 0 Å². The molecule has 1 aromatic rings. The Morgan fingerprint density at radius 2 is 2.09 bits per heavy atom. The van der Waals surface area contributed by atoms with Crippen LogP contribution < -0.4 is 0 Å². The molecule has 0 aromatic heterocycles. The molecule has 2 unspecified atom stereocenters. The molecule has 1 amide bonds. The van der Waals surface area contributed by atoms with Gasteiger partial charge < -0.3 is 4.74 Å². The van der Waals surface area contributed by atoms with Gasteiger partial charge in [-0.3, -0.25) is 4.90 Å². The number of ether oxygens (including phenoxy) is 1. The Morgan fingerprint density at radius 3 is 2.74 bits per heavy atom. The summed E-state index contributed by atoms with van der Waals surface area (Å²) in [5, 5.41) is 0. The molecule has 0 radical (unpaired) electrons. The van der Waals surface area contributed by atoms with Crippen LogP contribution in [0.15, 0.2) is 28.7 Å². The van der Waals surface area contributed by atoms with Gasteiger partial charge >= 0.3 is 6.09 Å². The van der Waals surface area contributed by atoms with Gasteiger partial charge in [0.15, 0.2) is 0 Å². The largest absolute Gasteiger partial charge is 0.444 e. The van der Waals surface area contributed by atoms with Crippen LogP contribution in [0.4, 0.5) is 9.18 Å². The molecule has 3 rings (SSSR count). The van der Waals surface area contributed by atoms with Gasteiger partial charge in [-0.05, 0) is 67.6 Å². The summed E-state index contributed by atoms with van der Waals surface area (Å²) >= 11 is 3.24. The van der Waals surface area contributed by atoms with Crippen LogP contribution in [0.3, 0.4) is 0 Å². The fourth-order valence-electron chi connectivity index (χ4n) is 3.38. The minimum Gasteiger partial charge on any atom is -0.444 e. The lowest BCUT2D eigenvalue weighted by Gasteiger charge is -2.35. The molecule has 124 valence electrons. The third-order valence-corrected chi connectivity index (χ3v) is 4.91. The van der Waals surface area contributed by atoms with E-state index in [9.17, 15) is 9.18 Å². The normalized spacial score (nSPS) is 23.7. The van der Waals surface area contributed by atoms with Gasteiger partial charge in [-0.2, -0.15) is 0 Å². The summed E-state index contributed by atoms with van der Waals surface area (Å²) in [6.45, 7) is 5.61. The minimum absolute atomic E-state index is 0.00279. The Kier molecular flexibility index (Phi) is 4.25. The average molecular weight is 382 g/mol. The van der Waals surface area contributed by atoms with E-state index in [1.807, 2.05) is 37.8 Å². The molecule has 0 N–H and O–H groups in total. The van der Waals surface area contributed by atoms with Crippen molar-refractivity contribution in [1.82, 2.24) is 4.90 Å². The molecule has 0 saturated carbocycles. The van der Waals surface area contributed by atoms with Gasteiger partial charge in [0.2, 0.25) is 0 Å². The highest BCUT2D eigenvalue weighted by molar-refractivity contribution is 9.10. The van der Waals surface area contributed by atoms with E-state index in [1.54, 1.807) is 12.1 Å². The zero-order valence-electron chi connectivity index (χ0n) is 13.6. The van der Waals surface area contributed by atoms with Crippen molar-refractivity contribution in [2.75, 3.05) is 0 Å². The first-order chi connectivity index (χ1) is 10.8. The number of rotatable bonds is 1. The topological polar surface area (TPSA) is 29.5 Å². The third kappa shape index (κ3) is 3.30. The summed E-state index contributed by atoms with van der Waals surface area (Å²) in [6.07, 6.45) is 4.26. The summed E-state index contributed by atoms with van der Waals surface area (Å²) in [4.78, 5) is 14.3. The van der Waals surface area contributed by atoms with Gasteiger partial charge in [-0.15, -0.1) is 0 Å². The lowest BCUT2D eigenvalue weighted by Crippen LogP contribution is -2.45. The first-order valence-electron chi connectivity index (χ1n) is 7.92. The van der Waals surface area contributed by atoms with Gasteiger partial charge in [-0.25, -0.2) is 9.18 Å². The molecule has 2 aliphatic rings. The molecule has 0 aliphatic carbocycles. The standard InChI is InChI=1S/C18H21BrFNO2/c1-18(2,3)23-17(22)21-12-7-8-13(21)10-11(9-12)14-5-4-6-15(19)16(14)20/h4-6,9,12-13H,7-8,10H2,1-3H3. The van der Waals surface area contributed by atoms with Gasteiger partial charge in [0.1, 0.15) is 11.4 Å². The summed E-state index contributed by atoms with van der Waals surface area (Å²) in [7, 11) is 0. The predicted molar refractivity (Wildman–Crippen MR) is 91.6 cm³/mol. The molecular formula is C18H21BrFNO2.